The van der Waals surface area contributed by atoms with Gasteiger partial charge >= 0.3 is 0 Å². The van der Waals surface area contributed by atoms with Crippen LogP contribution in [0.1, 0.15) is 59.2 Å². The van der Waals surface area contributed by atoms with Crippen molar-refractivity contribution < 1.29 is 9.53 Å². The molecule has 0 aliphatic rings. The fourth-order valence-corrected chi connectivity index (χ4v) is 3.84. The summed E-state index contributed by atoms with van der Waals surface area (Å²) in [5.74, 6) is -0.368. The van der Waals surface area contributed by atoms with Crippen molar-refractivity contribution in [1.82, 2.24) is 14.8 Å². The molecule has 0 saturated carbocycles. The maximum Gasteiger partial charge on any atom is 0.255 e. The van der Waals surface area contributed by atoms with Gasteiger partial charge in [0.2, 0.25) is 5.88 Å². The van der Waals surface area contributed by atoms with Gasteiger partial charge in [0, 0.05) is 36.7 Å². The minimum atomic E-state index is -0.579. The normalized spacial score (nSPS) is 11.6. The van der Waals surface area contributed by atoms with Crippen LogP contribution in [0.3, 0.4) is 0 Å². The van der Waals surface area contributed by atoms with E-state index >= 15 is 0 Å². The Balaban J connectivity index is 2.14. The van der Waals surface area contributed by atoms with Crippen LogP contribution < -0.4 is 16.2 Å². The Morgan fingerprint density at radius 2 is 1.78 bits per heavy atom. The Bertz CT molecular complexity index is 1120. The van der Waals surface area contributed by atoms with Crippen molar-refractivity contribution in [3.05, 3.63) is 64.1 Å². The van der Waals surface area contributed by atoms with E-state index in [0.717, 1.165) is 40.1 Å². The number of nitrogens with zero attached hydrogens (tertiary/aromatic N) is 3. The molecule has 0 fully saturated rings. The Labute approximate surface area is 189 Å². The molecule has 0 aliphatic carbocycles. The van der Waals surface area contributed by atoms with E-state index in [4.69, 9.17) is 21.2 Å². The standard InChI is InChI=1S/C25H33N5O2/c1-15-7-9-17(10-8-15)22-18(12-26)21(11-25(3,4)5)28-16(2)20(22)14-32-24-19(23(27)31)13-30(6)29-24/h7-10,13H,11-12,14,26H2,1-6H3,(H2,27,31). The number of primary amides is 1. The maximum atomic E-state index is 11.8. The second-order valence-corrected chi connectivity index (χ2v) is 9.46. The maximum absolute atomic E-state index is 11.8. The van der Waals surface area contributed by atoms with Crippen molar-refractivity contribution >= 4 is 5.91 Å². The molecule has 0 saturated heterocycles. The molecule has 0 bridgehead atoms. The number of benzene rings is 1. The number of carbonyl (C=O) groups is 1. The second kappa shape index (κ2) is 9.12. The Morgan fingerprint density at radius 3 is 2.34 bits per heavy atom. The molecule has 3 aromatic rings. The van der Waals surface area contributed by atoms with E-state index in [0.29, 0.717) is 6.54 Å². The van der Waals surface area contributed by atoms with Crippen LogP contribution in [-0.4, -0.2) is 20.7 Å². The number of aryl methyl sites for hydroxylation is 3. The summed E-state index contributed by atoms with van der Waals surface area (Å²) in [5.41, 5.74) is 19.2. The molecule has 7 nitrogen and oxygen atoms in total. The summed E-state index contributed by atoms with van der Waals surface area (Å²) in [6, 6.07) is 8.37. The smallest absolute Gasteiger partial charge is 0.255 e. The van der Waals surface area contributed by atoms with E-state index < -0.39 is 5.91 Å². The summed E-state index contributed by atoms with van der Waals surface area (Å²) in [6.07, 6.45) is 2.37. The van der Waals surface area contributed by atoms with Gasteiger partial charge < -0.3 is 16.2 Å². The van der Waals surface area contributed by atoms with Gasteiger partial charge in [-0.1, -0.05) is 50.6 Å². The average molecular weight is 436 g/mol. The number of rotatable bonds is 7. The summed E-state index contributed by atoms with van der Waals surface area (Å²) in [5, 5.41) is 4.25. The molecule has 1 aromatic carbocycles. The van der Waals surface area contributed by atoms with Gasteiger partial charge in [-0.25, -0.2) is 0 Å². The molecule has 3 rings (SSSR count). The summed E-state index contributed by atoms with van der Waals surface area (Å²) in [7, 11) is 1.72. The van der Waals surface area contributed by atoms with E-state index in [2.05, 4.69) is 57.1 Å². The van der Waals surface area contributed by atoms with Crippen LogP contribution in [0, 0.1) is 19.3 Å². The molecule has 4 N–H and O–H groups in total. The number of carbonyl (C=O) groups excluding carboxylic acids is 1. The van der Waals surface area contributed by atoms with Crippen molar-refractivity contribution in [2.75, 3.05) is 0 Å². The topological polar surface area (TPSA) is 109 Å². The highest BCUT2D eigenvalue weighted by atomic mass is 16.5. The minimum Gasteiger partial charge on any atom is -0.471 e. The second-order valence-electron chi connectivity index (χ2n) is 9.46. The SMILES string of the molecule is Cc1ccc(-c2c(COc3nn(C)cc3C(N)=O)c(C)nc(CC(C)(C)C)c2CN)cc1. The number of pyridine rings is 1. The van der Waals surface area contributed by atoms with Crippen LogP contribution >= 0.6 is 0 Å². The van der Waals surface area contributed by atoms with Gasteiger partial charge in [0.05, 0.1) is 0 Å². The largest absolute Gasteiger partial charge is 0.471 e. The quantitative estimate of drug-likeness (QED) is 0.586. The third-order valence-corrected chi connectivity index (χ3v) is 5.35. The molecular weight excluding hydrogens is 402 g/mol. The number of nitrogens with two attached hydrogens (primary N) is 2. The lowest BCUT2D eigenvalue weighted by atomic mass is 9.85. The van der Waals surface area contributed by atoms with Crippen LogP contribution in [0.5, 0.6) is 5.88 Å². The first-order chi connectivity index (χ1) is 15.0. The van der Waals surface area contributed by atoms with Gasteiger partial charge in [-0.05, 0) is 42.4 Å². The van der Waals surface area contributed by atoms with Crippen LogP contribution in [0.2, 0.25) is 0 Å². The van der Waals surface area contributed by atoms with Gasteiger partial charge in [-0.3, -0.25) is 14.5 Å². The molecule has 2 heterocycles. The van der Waals surface area contributed by atoms with Crippen molar-refractivity contribution in [2.24, 2.45) is 23.9 Å². The van der Waals surface area contributed by atoms with Crippen LogP contribution in [0.25, 0.3) is 11.1 Å². The molecule has 0 spiro atoms. The van der Waals surface area contributed by atoms with Crippen molar-refractivity contribution in [1.29, 1.82) is 0 Å². The minimum absolute atomic E-state index is 0.0657. The van der Waals surface area contributed by atoms with Gasteiger partial charge in [-0.2, -0.15) is 0 Å². The molecule has 2 aromatic heterocycles. The van der Waals surface area contributed by atoms with Gasteiger partial charge in [0.1, 0.15) is 12.2 Å². The van der Waals surface area contributed by atoms with Crippen LogP contribution in [0.15, 0.2) is 30.5 Å². The van der Waals surface area contributed by atoms with E-state index in [-0.39, 0.29) is 23.5 Å². The van der Waals surface area contributed by atoms with Crippen molar-refractivity contribution in [3.8, 4) is 17.0 Å². The molecule has 0 aliphatic heterocycles. The fourth-order valence-electron chi connectivity index (χ4n) is 3.84. The van der Waals surface area contributed by atoms with Crippen LogP contribution in [0.4, 0.5) is 0 Å². The molecule has 32 heavy (non-hydrogen) atoms. The van der Waals surface area contributed by atoms with Gasteiger partial charge in [0.25, 0.3) is 5.91 Å². The lowest BCUT2D eigenvalue weighted by Crippen LogP contribution is -2.18. The number of hydrogen-bond donors (Lipinski definition) is 2. The zero-order chi connectivity index (χ0) is 23.6. The number of ether oxygens (including phenoxy) is 1. The number of hydrogen-bond acceptors (Lipinski definition) is 5. The molecule has 1 amide bonds. The van der Waals surface area contributed by atoms with Gasteiger partial charge in [0.15, 0.2) is 0 Å². The third-order valence-electron chi connectivity index (χ3n) is 5.35. The Kier molecular flexibility index (Phi) is 6.69. The van der Waals surface area contributed by atoms with Crippen molar-refractivity contribution in [3.63, 3.8) is 0 Å². The predicted molar refractivity (Wildman–Crippen MR) is 126 cm³/mol. The highest BCUT2D eigenvalue weighted by molar-refractivity contribution is 5.94. The number of aromatic nitrogens is 3. The monoisotopic (exact) mass is 435 g/mol. The molecule has 0 radical (unpaired) electrons. The fraction of sp³-hybridized carbons (Fsp3) is 0.400. The summed E-state index contributed by atoms with van der Waals surface area (Å²) < 4.78 is 7.51. The lowest BCUT2D eigenvalue weighted by Gasteiger charge is -2.24. The molecule has 0 unspecified atom stereocenters. The first-order valence-electron chi connectivity index (χ1n) is 10.7. The molecule has 170 valence electrons. The highest BCUT2D eigenvalue weighted by Gasteiger charge is 2.23. The van der Waals surface area contributed by atoms with E-state index in [1.165, 1.54) is 10.2 Å². The van der Waals surface area contributed by atoms with Crippen molar-refractivity contribution in [2.45, 2.75) is 54.2 Å². The highest BCUT2D eigenvalue weighted by Crippen LogP contribution is 2.34. The van der Waals surface area contributed by atoms with Gasteiger partial charge in [-0.15, -0.1) is 5.10 Å². The predicted octanol–water partition coefficient (Wildman–Crippen LogP) is 3.82. The summed E-state index contributed by atoms with van der Waals surface area (Å²) >= 11 is 0. The third kappa shape index (κ3) is 5.16. The lowest BCUT2D eigenvalue weighted by molar-refractivity contribution is 0.0996. The summed E-state index contributed by atoms with van der Waals surface area (Å²) in [6.45, 7) is 11.2. The van der Waals surface area contributed by atoms with E-state index in [9.17, 15) is 4.79 Å². The van der Waals surface area contributed by atoms with Crippen LogP contribution in [-0.2, 0) is 26.6 Å². The summed E-state index contributed by atoms with van der Waals surface area (Å²) in [4.78, 5) is 16.7. The zero-order valence-corrected chi connectivity index (χ0v) is 19.8. The number of amides is 1. The molecule has 0 atom stereocenters. The first-order valence-corrected chi connectivity index (χ1v) is 10.7. The molecule has 7 heteroatoms. The Morgan fingerprint density at radius 1 is 1.12 bits per heavy atom. The zero-order valence-electron chi connectivity index (χ0n) is 19.8. The molecular formula is C25H33N5O2. The van der Waals surface area contributed by atoms with E-state index in [1.54, 1.807) is 13.2 Å². The first kappa shape index (κ1) is 23.5. The Hall–Kier alpha value is -3.19. The average Bonchev–Trinajstić information content (AvgIpc) is 3.07. The van der Waals surface area contributed by atoms with E-state index in [1.807, 2.05) is 6.92 Å².